The molecule has 2 N–H and O–H groups in total. The van der Waals surface area contributed by atoms with Gasteiger partial charge < -0.3 is 10.6 Å². The molecule has 1 saturated heterocycles. The molecule has 1 aliphatic heterocycles. The van der Waals surface area contributed by atoms with Gasteiger partial charge in [-0.05, 0) is 24.8 Å². The van der Waals surface area contributed by atoms with Gasteiger partial charge in [0.2, 0.25) is 11.8 Å². The number of amides is 2. The number of thiazole rings is 1. The number of nitrogens with one attached hydrogen (secondary N) is 2. The Morgan fingerprint density at radius 3 is 3.05 bits per heavy atom. The minimum atomic E-state index is -0.137. The maximum absolute atomic E-state index is 12.2. The summed E-state index contributed by atoms with van der Waals surface area (Å²) in [5.74, 6) is -0.00738. The third-order valence-corrected chi connectivity index (χ3v) is 5.38. The number of carbonyl (C=O) groups excluding carboxylic acids is 2. The zero-order chi connectivity index (χ0) is 15.5. The van der Waals surface area contributed by atoms with E-state index in [4.69, 9.17) is 0 Å². The highest BCUT2D eigenvalue weighted by molar-refractivity contribution is 7.10. The van der Waals surface area contributed by atoms with Crippen molar-refractivity contribution in [3.8, 4) is 0 Å². The van der Waals surface area contributed by atoms with E-state index < -0.39 is 0 Å². The van der Waals surface area contributed by atoms with E-state index in [0.29, 0.717) is 12.8 Å². The van der Waals surface area contributed by atoms with Crippen LogP contribution in [0.25, 0.3) is 0 Å². The van der Waals surface area contributed by atoms with Gasteiger partial charge in [0.25, 0.3) is 0 Å². The molecule has 0 radical (unpaired) electrons. The van der Waals surface area contributed by atoms with Crippen molar-refractivity contribution in [2.75, 3.05) is 0 Å². The topological polar surface area (TPSA) is 71.1 Å². The van der Waals surface area contributed by atoms with Crippen LogP contribution < -0.4 is 10.6 Å². The highest BCUT2D eigenvalue weighted by atomic mass is 32.1. The van der Waals surface area contributed by atoms with Gasteiger partial charge in [0.15, 0.2) is 0 Å². The standard InChI is InChI=1S/C15H17N3O2S2/c1-9-16-10(8-22-9)7-14(20)17-11-4-5-13(19)18-15(11)12-3-2-6-21-12/h2-3,6,8,11,15H,4-5,7H2,1H3,(H,17,20)(H,18,19)/t11-,15-/m1/s1. The number of hydrogen-bond acceptors (Lipinski definition) is 5. The molecule has 0 aliphatic carbocycles. The van der Waals surface area contributed by atoms with Crippen molar-refractivity contribution in [3.05, 3.63) is 38.5 Å². The van der Waals surface area contributed by atoms with Crippen LogP contribution in [0, 0.1) is 6.92 Å². The second-order valence-corrected chi connectivity index (χ2v) is 7.35. The number of nitrogens with zero attached hydrogens (tertiary/aromatic N) is 1. The molecule has 0 bridgehead atoms. The van der Waals surface area contributed by atoms with Gasteiger partial charge in [0, 0.05) is 16.7 Å². The van der Waals surface area contributed by atoms with Crippen molar-refractivity contribution in [1.29, 1.82) is 0 Å². The van der Waals surface area contributed by atoms with Gasteiger partial charge in [0.1, 0.15) is 0 Å². The van der Waals surface area contributed by atoms with Crippen LogP contribution in [-0.4, -0.2) is 22.8 Å². The lowest BCUT2D eigenvalue weighted by molar-refractivity contribution is -0.126. The van der Waals surface area contributed by atoms with Crippen LogP contribution in [-0.2, 0) is 16.0 Å². The quantitative estimate of drug-likeness (QED) is 0.900. The molecule has 2 aromatic rings. The van der Waals surface area contributed by atoms with Crippen molar-refractivity contribution in [3.63, 3.8) is 0 Å². The maximum atomic E-state index is 12.2. The Kier molecular flexibility index (Phi) is 4.54. The maximum Gasteiger partial charge on any atom is 0.226 e. The first-order valence-corrected chi connectivity index (χ1v) is 8.91. The van der Waals surface area contributed by atoms with E-state index >= 15 is 0 Å². The average molecular weight is 335 g/mol. The average Bonchev–Trinajstić information content (AvgIpc) is 3.12. The van der Waals surface area contributed by atoms with Crippen LogP contribution in [0.2, 0.25) is 0 Å². The number of hydrogen-bond donors (Lipinski definition) is 2. The largest absolute Gasteiger partial charge is 0.351 e. The molecule has 2 aromatic heterocycles. The van der Waals surface area contributed by atoms with Crippen LogP contribution in [0.4, 0.5) is 0 Å². The van der Waals surface area contributed by atoms with E-state index in [-0.39, 0.29) is 30.3 Å². The Hall–Kier alpha value is -1.73. The molecule has 1 fully saturated rings. The molecule has 3 rings (SSSR count). The molecule has 5 nitrogen and oxygen atoms in total. The molecule has 1 aliphatic rings. The minimum Gasteiger partial charge on any atom is -0.351 e. The van der Waals surface area contributed by atoms with Crippen molar-refractivity contribution in [2.45, 2.75) is 38.3 Å². The third kappa shape index (κ3) is 3.53. The molecular weight excluding hydrogens is 318 g/mol. The van der Waals surface area contributed by atoms with Gasteiger partial charge in [0.05, 0.1) is 29.2 Å². The molecule has 2 atom stereocenters. The van der Waals surface area contributed by atoms with Gasteiger partial charge in [-0.1, -0.05) is 6.07 Å². The van der Waals surface area contributed by atoms with Gasteiger partial charge in [-0.25, -0.2) is 4.98 Å². The predicted octanol–water partition coefficient (Wildman–Crippen LogP) is 2.19. The van der Waals surface area contributed by atoms with Crippen LogP contribution in [0.5, 0.6) is 0 Å². The summed E-state index contributed by atoms with van der Waals surface area (Å²) < 4.78 is 0. The fourth-order valence-electron chi connectivity index (χ4n) is 2.60. The Morgan fingerprint density at radius 1 is 1.50 bits per heavy atom. The van der Waals surface area contributed by atoms with Crippen LogP contribution in [0.1, 0.15) is 34.5 Å². The summed E-state index contributed by atoms with van der Waals surface area (Å²) in [5, 5.41) is 10.9. The van der Waals surface area contributed by atoms with E-state index in [2.05, 4.69) is 15.6 Å². The molecule has 0 aromatic carbocycles. The molecule has 0 saturated carbocycles. The summed E-state index contributed by atoms with van der Waals surface area (Å²) in [6.45, 7) is 1.93. The zero-order valence-electron chi connectivity index (χ0n) is 12.2. The van der Waals surface area contributed by atoms with E-state index in [9.17, 15) is 9.59 Å². The second-order valence-electron chi connectivity index (χ2n) is 5.31. The number of piperidine rings is 1. The molecule has 3 heterocycles. The van der Waals surface area contributed by atoms with E-state index in [1.165, 1.54) is 0 Å². The Labute approximate surface area is 136 Å². The van der Waals surface area contributed by atoms with Gasteiger partial charge in [-0.2, -0.15) is 0 Å². The van der Waals surface area contributed by atoms with Crippen LogP contribution in [0.15, 0.2) is 22.9 Å². The lowest BCUT2D eigenvalue weighted by atomic mass is 9.96. The molecule has 116 valence electrons. The molecule has 7 heteroatoms. The molecule has 0 unspecified atom stereocenters. The monoisotopic (exact) mass is 335 g/mol. The summed E-state index contributed by atoms with van der Waals surface area (Å²) >= 11 is 3.14. The van der Waals surface area contributed by atoms with E-state index in [0.717, 1.165) is 15.6 Å². The molecular formula is C15H17N3O2S2. The first kappa shape index (κ1) is 15.2. The molecule has 2 amide bonds. The summed E-state index contributed by atoms with van der Waals surface area (Å²) in [4.78, 5) is 29.3. The Morgan fingerprint density at radius 2 is 2.36 bits per heavy atom. The first-order valence-electron chi connectivity index (χ1n) is 7.15. The van der Waals surface area contributed by atoms with Crippen molar-refractivity contribution in [1.82, 2.24) is 15.6 Å². The number of carbonyl (C=O) groups is 2. The Bertz CT molecular complexity index is 666. The van der Waals surface area contributed by atoms with Crippen LogP contribution in [0.3, 0.4) is 0 Å². The highest BCUT2D eigenvalue weighted by Crippen LogP contribution is 2.27. The van der Waals surface area contributed by atoms with Gasteiger partial charge in [-0.15, -0.1) is 22.7 Å². The van der Waals surface area contributed by atoms with Crippen molar-refractivity contribution in [2.24, 2.45) is 0 Å². The first-order chi connectivity index (χ1) is 10.6. The normalized spacial score (nSPS) is 21.4. The summed E-state index contributed by atoms with van der Waals surface area (Å²) in [5.41, 5.74) is 0.799. The smallest absolute Gasteiger partial charge is 0.226 e. The predicted molar refractivity (Wildman–Crippen MR) is 86.9 cm³/mol. The zero-order valence-corrected chi connectivity index (χ0v) is 13.8. The number of aryl methyl sites for hydroxylation is 1. The summed E-state index contributed by atoms with van der Waals surface area (Å²) in [6, 6.07) is 3.74. The van der Waals surface area contributed by atoms with Gasteiger partial charge >= 0.3 is 0 Å². The van der Waals surface area contributed by atoms with E-state index in [1.54, 1.807) is 22.7 Å². The van der Waals surface area contributed by atoms with Gasteiger partial charge in [-0.3, -0.25) is 9.59 Å². The Balaban J connectivity index is 1.66. The van der Waals surface area contributed by atoms with Crippen molar-refractivity contribution >= 4 is 34.5 Å². The number of rotatable bonds is 4. The highest BCUT2D eigenvalue weighted by Gasteiger charge is 2.31. The summed E-state index contributed by atoms with van der Waals surface area (Å²) in [7, 11) is 0. The van der Waals surface area contributed by atoms with Crippen molar-refractivity contribution < 1.29 is 9.59 Å². The second kappa shape index (κ2) is 6.58. The fraction of sp³-hybridized carbons (Fsp3) is 0.400. The fourth-order valence-corrected chi connectivity index (χ4v) is 4.06. The molecule has 0 spiro atoms. The number of thiophene rings is 1. The summed E-state index contributed by atoms with van der Waals surface area (Å²) in [6.07, 6.45) is 1.39. The van der Waals surface area contributed by atoms with E-state index in [1.807, 2.05) is 29.8 Å². The molecule has 22 heavy (non-hydrogen) atoms. The lowest BCUT2D eigenvalue weighted by Crippen LogP contribution is -2.50. The van der Waals surface area contributed by atoms with Crippen LogP contribution >= 0.6 is 22.7 Å². The number of aromatic nitrogens is 1. The SMILES string of the molecule is Cc1nc(CC(=O)N[C@@H]2CCC(=O)N[C@H]2c2cccs2)cs1. The lowest BCUT2D eigenvalue weighted by Gasteiger charge is -2.32. The third-order valence-electron chi connectivity index (χ3n) is 3.61. The minimum absolute atomic E-state index is 0.0408.